The first-order valence-electron chi connectivity index (χ1n) is 4.05. The van der Waals surface area contributed by atoms with Crippen molar-refractivity contribution >= 4 is 5.97 Å². The van der Waals surface area contributed by atoms with E-state index in [2.05, 4.69) is 0 Å². The van der Waals surface area contributed by atoms with Crippen LogP contribution in [0, 0.1) is 6.92 Å². The van der Waals surface area contributed by atoms with Gasteiger partial charge in [-0.05, 0) is 26.0 Å². The number of carboxylic acids is 1. The predicted octanol–water partition coefficient (Wildman–Crippen LogP) is 1.85. The van der Waals surface area contributed by atoms with Gasteiger partial charge in [0, 0.05) is 0 Å². The molecule has 1 rings (SSSR count). The summed E-state index contributed by atoms with van der Waals surface area (Å²) in [5.74, 6) is -0.374. The molecule has 3 nitrogen and oxygen atoms in total. The van der Waals surface area contributed by atoms with Crippen molar-refractivity contribution in [1.82, 2.24) is 0 Å². The molecule has 1 N–H and O–H groups in total. The Hall–Kier alpha value is -1.51. The van der Waals surface area contributed by atoms with E-state index in [1.165, 1.54) is 6.92 Å². The van der Waals surface area contributed by atoms with Crippen LogP contribution in [0.1, 0.15) is 12.5 Å². The second kappa shape index (κ2) is 3.94. The van der Waals surface area contributed by atoms with Crippen LogP contribution >= 0.6 is 0 Å². The zero-order valence-electron chi connectivity index (χ0n) is 7.65. The van der Waals surface area contributed by atoms with E-state index in [0.29, 0.717) is 5.75 Å². The summed E-state index contributed by atoms with van der Waals surface area (Å²) in [7, 11) is 0. The third-order valence-electron chi connectivity index (χ3n) is 1.68. The summed E-state index contributed by atoms with van der Waals surface area (Å²) in [6.45, 7) is 3.46. The molecule has 70 valence electrons. The Balaban J connectivity index is 2.64. The Kier molecular flexibility index (Phi) is 2.90. The zero-order chi connectivity index (χ0) is 9.84. The molecule has 0 heterocycles. The average molecular weight is 180 g/mol. The second-order valence-corrected chi connectivity index (χ2v) is 2.91. The SMILES string of the molecule is Cc1ccc(OC(C)C(=O)O)cc1. The number of ether oxygens (including phenoxy) is 1. The average Bonchev–Trinajstić information content (AvgIpc) is 2.08. The van der Waals surface area contributed by atoms with E-state index >= 15 is 0 Å². The van der Waals surface area contributed by atoms with E-state index < -0.39 is 12.1 Å². The molecule has 0 bridgehead atoms. The van der Waals surface area contributed by atoms with Gasteiger partial charge < -0.3 is 9.84 Å². The summed E-state index contributed by atoms with van der Waals surface area (Å²) in [5.41, 5.74) is 1.12. The number of carbonyl (C=O) groups is 1. The van der Waals surface area contributed by atoms with Crippen LogP contribution in [0.5, 0.6) is 5.75 Å². The minimum atomic E-state index is -0.958. The van der Waals surface area contributed by atoms with E-state index in [4.69, 9.17) is 9.84 Å². The summed E-state index contributed by atoms with van der Waals surface area (Å²) in [4.78, 5) is 10.4. The van der Waals surface area contributed by atoms with Crippen molar-refractivity contribution in [3.63, 3.8) is 0 Å². The Morgan fingerprint density at radius 3 is 2.38 bits per heavy atom. The van der Waals surface area contributed by atoms with Crippen LogP contribution in [-0.4, -0.2) is 17.2 Å². The fourth-order valence-electron chi connectivity index (χ4n) is 0.871. The van der Waals surface area contributed by atoms with Gasteiger partial charge >= 0.3 is 5.97 Å². The number of benzene rings is 1. The number of hydrogen-bond donors (Lipinski definition) is 1. The standard InChI is InChI=1S/C10H12O3/c1-7-3-5-9(6-4-7)13-8(2)10(11)12/h3-6,8H,1-2H3,(H,11,12). The summed E-state index contributed by atoms with van der Waals surface area (Å²) in [6.07, 6.45) is -0.803. The van der Waals surface area contributed by atoms with Gasteiger partial charge in [-0.1, -0.05) is 17.7 Å². The van der Waals surface area contributed by atoms with Crippen LogP contribution in [0.15, 0.2) is 24.3 Å². The first kappa shape index (κ1) is 9.58. The highest BCUT2D eigenvalue weighted by molar-refractivity contribution is 5.72. The molecule has 1 aromatic rings. The third-order valence-corrected chi connectivity index (χ3v) is 1.68. The molecular weight excluding hydrogens is 168 g/mol. The highest BCUT2D eigenvalue weighted by Gasteiger charge is 2.11. The Morgan fingerprint density at radius 1 is 1.38 bits per heavy atom. The largest absolute Gasteiger partial charge is 0.479 e. The fourth-order valence-corrected chi connectivity index (χ4v) is 0.871. The molecule has 1 atom stereocenters. The van der Waals surface area contributed by atoms with Crippen molar-refractivity contribution in [2.45, 2.75) is 20.0 Å². The van der Waals surface area contributed by atoms with E-state index in [1.807, 2.05) is 19.1 Å². The summed E-state index contributed by atoms with van der Waals surface area (Å²) in [5, 5.41) is 8.57. The topological polar surface area (TPSA) is 46.5 Å². The van der Waals surface area contributed by atoms with Gasteiger partial charge in [0.1, 0.15) is 5.75 Å². The lowest BCUT2D eigenvalue weighted by molar-refractivity contribution is -0.144. The highest BCUT2D eigenvalue weighted by Crippen LogP contribution is 2.13. The number of rotatable bonds is 3. The third kappa shape index (κ3) is 2.78. The van der Waals surface area contributed by atoms with E-state index in [-0.39, 0.29) is 0 Å². The van der Waals surface area contributed by atoms with Gasteiger partial charge in [-0.15, -0.1) is 0 Å². The lowest BCUT2D eigenvalue weighted by Crippen LogP contribution is -2.22. The van der Waals surface area contributed by atoms with E-state index in [9.17, 15) is 4.79 Å². The Bertz CT molecular complexity index is 290. The van der Waals surface area contributed by atoms with Crippen LogP contribution in [0.4, 0.5) is 0 Å². The molecule has 0 spiro atoms. The van der Waals surface area contributed by atoms with Crippen LogP contribution in [0.2, 0.25) is 0 Å². The molecular formula is C10H12O3. The zero-order valence-corrected chi connectivity index (χ0v) is 7.65. The van der Waals surface area contributed by atoms with E-state index in [0.717, 1.165) is 5.56 Å². The van der Waals surface area contributed by atoms with Gasteiger partial charge in [-0.2, -0.15) is 0 Å². The molecule has 3 heteroatoms. The molecule has 0 saturated carbocycles. The first-order valence-corrected chi connectivity index (χ1v) is 4.05. The maximum absolute atomic E-state index is 10.4. The second-order valence-electron chi connectivity index (χ2n) is 2.91. The smallest absolute Gasteiger partial charge is 0.344 e. The highest BCUT2D eigenvalue weighted by atomic mass is 16.5. The first-order chi connectivity index (χ1) is 6.09. The Labute approximate surface area is 77.0 Å². The molecule has 0 fully saturated rings. The van der Waals surface area contributed by atoms with Crippen molar-refractivity contribution in [2.75, 3.05) is 0 Å². The van der Waals surface area contributed by atoms with Crippen molar-refractivity contribution in [3.05, 3.63) is 29.8 Å². The molecule has 0 aliphatic rings. The number of carboxylic acid groups (broad SMARTS) is 1. The monoisotopic (exact) mass is 180 g/mol. The molecule has 13 heavy (non-hydrogen) atoms. The fraction of sp³-hybridized carbons (Fsp3) is 0.300. The molecule has 0 amide bonds. The van der Waals surface area contributed by atoms with E-state index in [1.54, 1.807) is 12.1 Å². The van der Waals surface area contributed by atoms with Gasteiger partial charge in [0.25, 0.3) is 0 Å². The normalized spacial score (nSPS) is 12.2. The lowest BCUT2D eigenvalue weighted by Gasteiger charge is -2.09. The maximum atomic E-state index is 10.4. The van der Waals surface area contributed by atoms with Gasteiger partial charge in [0.2, 0.25) is 0 Å². The van der Waals surface area contributed by atoms with Gasteiger partial charge in [-0.3, -0.25) is 0 Å². The van der Waals surface area contributed by atoms with Gasteiger partial charge in [-0.25, -0.2) is 4.79 Å². The summed E-state index contributed by atoms with van der Waals surface area (Å²) in [6, 6.07) is 7.28. The molecule has 1 aromatic carbocycles. The number of aliphatic carboxylic acids is 1. The van der Waals surface area contributed by atoms with Crippen LogP contribution in [0.3, 0.4) is 0 Å². The summed E-state index contributed by atoms with van der Waals surface area (Å²) >= 11 is 0. The van der Waals surface area contributed by atoms with Crippen LogP contribution in [-0.2, 0) is 4.79 Å². The molecule has 0 aliphatic carbocycles. The molecule has 0 aliphatic heterocycles. The summed E-state index contributed by atoms with van der Waals surface area (Å²) < 4.78 is 5.13. The molecule has 0 radical (unpaired) electrons. The van der Waals surface area contributed by atoms with Gasteiger partial charge in [0.15, 0.2) is 6.10 Å². The minimum absolute atomic E-state index is 0.584. The van der Waals surface area contributed by atoms with Crippen molar-refractivity contribution in [1.29, 1.82) is 0 Å². The van der Waals surface area contributed by atoms with Crippen LogP contribution in [0.25, 0.3) is 0 Å². The minimum Gasteiger partial charge on any atom is -0.479 e. The lowest BCUT2D eigenvalue weighted by atomic mass is 10.2. The predicted molar refractivity (Wildman–Crippen MR) is 48.9 cm³/mol. The molecule has 0 saturated heterocycles. The molecule has 0 aromatic heterocycles. The quantitative estimate of drug-likeness (QED) is 0.772. The number of aryl methyl sites for hydroxylation is 1. The van der Waals surface area contributed by atoms with Crippen molar-refractivity contribution in [2.24, 2.45) is 0 Å². The van der Waals surface area contributed by atoms with Crippen LogP contribution < -0.4 is 4.74 Å². The number of hydrogen-bond acceptors (Lipinski definition) is 2. The van der Waals surface area contributed by atoms with Crippen molar-refractivity contribution in [3.8, 4) is 5.75 Å². The Morgan fingerprint density at radius 2 is 1.92 bits per heavy atom. The molecule has 1 unspecified atom stereocenters. The van der Waals surface area contributed by atoms with Crippen molar-refractivity contribution < 1.29 is 14.6 Å². The maximum Gasteiger partial charge on any atom is 0.344 e. The van der Waals surface area contributed by atoms with Gasteiger partial charge in [0.05, 0.1) is 0 Å².